The van der Waals surface area contributed by atoms with E-state index in [1.807, 2.05) is 14.1 Å². The number of aliphatic imine (C=N–C) groups is 1. The second-order valence-corrected chi connectivity index (χ2v) is 3.91. The van der Waals surface area contributed by atoms with Gasteiger partial charge >= 0.3 is 0 Å². The first-order valence-electron chi connectivity index (χ1n) is 5.08. The summed E-state index contributed by atoms with van der Waals surface area (Å²) in [4.78, 5) is 4.27. The highest BCUT2D eigenvalue weighted by Crippen LogP contribution is 2.36. The highest BCUT2D eigenvalue weighted by molar-refractivity contribution is 6.03. The first-order chi connectivity index (χ1) is 6.54. The number of amidine groups is 1. The minimum Gasteiger partial charge on any atom is -0.373 e. The zero-order chi connectivity index (χ0) is 10.9. The number of likely N-dealkylation sites (N-methyl/N-ethyl adjacent to an activating group) is 1. The molecule has 0 aromatic heterocycles. The van der Waals surface area contributed by atoms with Crippen molar-refractivity contribution >= 4 is 5.84 Å². The molecule has 1 N–H and O–H groups in total. The second-order valence-electron chi connectivity index (χ2n) is 3.91. The fourth-order valence-electron chi connectivity index (χ4n) is 2.07. The van der Waals surface area contributed by atoms with Gasteiger partial charge in [-0.15, -0.1) is 0 Å². The van der Waals surface area contributed by atoms with Crippen LogP contribution in [0, 0.1) is 5.92 Å². The van der Waals surface area contributed by atoms with Gasteiger partial charge in [-0.2, -0.15) is 0 Å². The monoisotopic (exact) mass is 192 g/mol. The van der Waals surface area contributed by atoms with Gasteiger partial charge in [-0.3, -0.25) is 4.99 Å². The Morgan fingerprint density at radius 1 is 1.21 bits per heavy atom. The van der Waals surface area contributed by atoms with E-state index in [1.54, 1.807) is 0 Å². The smallest absolute Gasteiger partial charge is 0.127 e. The molecule has 0 amide bonds. The van der Waals surface area contributed by atoms with Crippen molar-refractivity contribution in [1.82, 2.24) is 5.32 Å². The summed E-state index contributed by atoms with van der Waals surface area (Å²) in [5, 5.41) is 3.15. The third-order valence-corrected chi connectivity index (χ3v) is 3.36. The fourth-order valence-corrected chi connectivity index (χ4v) is 2.07. The number of allylic oxidation sites excluding steroid dienone is 2. The molecule has 0 saturated carbocycles. The van der Waals surface area contributed by atoms with Gasteiger partial charge in [0, 0.05) is 19.7 Å². The summed E-state index contributed by atoms with van der Waals surface area (Å²) in [6.07, 6.45) is 0. The maximum Gasteiger partial charge on any atom is 0.127 e. The van der Waals surface area contributed by atoms with Crippen molar-refractivity contribution in [3.05, 3.63) is 22.3 Å². The van der Waals surface area contributed by atoms with E-state index in [2.05, 4.69) is 38.0 Å². The van der Waals surface area contributed by atoms with Gasteiger partial charge in [0.1, 0.15) is 5.84 Å². The lowest BCUT2D eigenvalue weighted by molar-refractivity contribution is 0.816. The molecule has 0 spiro atoms. The fraction of sp³-hybridized carbons (Fsp3) is 0.583. The molecule has 14 heavy (non-hydrogen) atoms. The van der Waals surface area contributed by atoms with E-state index in [4.69, 9.17) is 0 Å². The van der Waals surface area contributed by atoms with Crippen molar-refractivity contribution in [2.75, 3.05) is 14.1 Å². The van der Waals surface area contributed by atoms with Crippen molar-refractivity contribution in [2.24, 2.45) is 10.9 Å². The molecular weight excluding hydrogens is 172 g/mol. The first-order valence-corrected chi connectivity index (χ1v) is 5.08. The van der Waals surface area contributed by atoms with Gasteiger partial charge in [0.05, 0.1) is 0 Å². The average molecular weight is 192 g/mol. The van der Waals surface area contributed by atoms with Crippen LogP contribution in [0.25, 0.3) is 0 Å². The summed E-state index contributed by atoms with van der Waals surface area (Å²) in [7, 11) is 3.76. The quantitative estimate of drug-likeness (QED) is 0.501. The Morgan fingerprint density at radius 2 is 1.79 bits per heavy atom. The summed E-state index contributed by atoms with van der Waals surface area (Å²) in [6.45, 7) is 8.84. The Morgan fingerprint density at radius 3 is 2.07 bits per heavy atom. The van der Waals surface area contributed by atoms with E-state index in [9.17, 15) is 0 Å². The Labute approximate surface area is 86.8 Å². The highest BCUT2D eigenvalue weighted by atomic mass is 15.0. The van der Waals surface area contributed by atoms with Crippen molar-refractivity contribution in [3.8, 4) is 0 Å². The summed E-state index contributed by atoms with van der Waals surface area (Å²) < 4.78 is 0. The number of hydrogen-bond acceptors (Lipinski definition) is 1. The predicted octanol–water partition coefficient (Wildman–Crippen LogP) is 2.54. The minimum absolute atomic E-state index is 0.565. The number of nitrogens with zero attached hydrogens (tertiary/aromatic N) is 1. The molecule has 0 fully saturated rings. The molecule has 2 heteroatoms. The lowest BCUT2D eigenvalue weighted by Gasteiger charge is -2.10. The summed E-state index contributed by atoms with van der Waals surface area (Å²) >= 11 is 0. The standard InChI is InChI=1S/C12H20N2/c1-7-8(2)10(4)11(9(7)3)12(13-5)14-6/h7H,1-6H3,(H,13,14). The Hall–Kier alpha value is -1.05. The summed E-state index contributed by atoms with van der Waals surface area (Å²) in [6, 6.07) is 0. The SMILES string of the molecule is CN=C(NC)C1=C(C)C(C)C(C)=C1C. The molecule has 0 aromatic rings. The van der Waals surface area contributed by atoms with Crippen LogP contribution in [0.2, 0.25) is 0 Å². The molecule has 1 rings (SSSR count). The van der Waals surface area contributed by atoms with E-state index in [1.165, 1.54) is 22.3 Å². The predicted molar refractivity (Wildman–Crippen MR) is 62.7 cm³/mol. The van der Waals surface area contributed by atoms with Gasteiger partial charge < -0.3 is 5.32 Å². The van der Waals surface area contributed by atoms with Crippen LogP contribution in [-0.2, 0) is 0 Å². The van der Waals surface area contributed by atoms with Gasteiger partial charge in [-0.1, -0.05) is 18.1 Å². The average Bonchev–Trinajstić information content (AvgIpc) is 2.37. The third kappa shape index (κ3) is 1.49. The molecule has 0 radical (unpaired) electrons. The molecule has 1 aliphatic rings. The van der Waals surface area contributed by atoms with E-state index in [0.29, 0.717) is 5.92 Å². The van der Waals surface area contributed by atoms with Crippen LogP contribution < -0.4 is 5.32 Å². The molecule has 0 heterocycles. The zero-order valence-corrected chi connectivity index (χ0v) is 10.0. The molecule has 1 atom stereocenters. The molecule has 0 saturated heterocycles. The van der Waals surface area contributed by atoms with Crippen LogP contribution in [-0.4, -0.2) is 19.9 Å². The van der Waals surface area contributed by atoms with Crippen molar-refractivity contribution in [3.63, 3.8) is 0 Å². The maximum absolute atomic E-state index is 4.27. The minimum atomic E-state index is 0.565. The van der Waals surface area contributed by atoms with Crippen LogP contribution >= 0.6 is 0 Å². The Balaban J connectivity index is 3.22. The zero-order valence-electron chi connectivity index (χ0n) is 10.0. The molecule has 0 aromatic carbocycles. The van der Waals surface area contributed by atoms with Crippen molar-refractivity contribution < 1.29 is 0 Å². The molecule has 2 nitrogen and oxygen atoms in total. The van der Waals surface area contributed by atoms with Gasteiger partial charge in [-0.05, 0) is 32.3 Å². The van der Waals surface area contributed by atoms with E-state index in [0.717, 1.165) is 5.84 Å². The molecule has 1 unspecified atom stereocenters. The lowest BCUT2D eigenvalue weighted by atomic mass is 10.00. The maximum atomic E-state index is 4.27. The van der Waals surface area contributed by atoms with E-state index >= 15 is 0 Å². The Kier molecular flexibility index (Phi) is 3.14. The topological polar surface area (TPSA) is 24.4 Å². The van der Waals surface area contributed by atoms with Crippen LogP contribution in [0.1, 0.15) is 27.7 Å². The highest BCUT2D eigenvalue weighted by Gasteiger charge is 2.25. The molecule has 0 aliphatic heterocycles. The molecule has 1 aliphatic carbocycles. The van der Waals surface area contributed by atoms with E-state index in [-0.39, 0.29) is 0 Å². The number of hydrogen-bond donors (Lipinski definition) is 1. The van der Waals surface area contributed by atoms with Gasteiger partial charge in [0.25, 0.3) is 0 Å². The van der Waals surface area contributed by atoms with Gasteiger partial charge in [0.2, 0.25) is 0 Å². The van der Waals surface area contributed by atoms with Crippen LogP contribution in [0.4, 0.5) is 0 Å². The third-order valence-electron chi connectivity index (χ3n) is 3.36. The number of nitrogens with one attached hydrogen (secondary N) is 1. The number of rotatable bonds is 1. The molecule has 78 valence electrons. The van der Waals surface area contributed by atoms with Crippen LogP contribution in [0.3, 0.4) is 0 Å². The largest absolute Gasteiger partial charge is 0.373 e. The van der Waals surface area contributed by atoms with Crippen LogP contribution in [0.5, 0.6) is 0 Å². The Bertz CT molecular complexity index is 332. The normalized spacial score (nSPS) is 23.6. The lowest BCUT2D eigenvalue weighted by Crippen LogP contribution is -2.21. The van der Waals surface area contributed by atoms with Crippen LogP contribution in [0.15, 0.2) is 27.3 Å². The molecule has 0 bridgehead atoms. The first kappa shape index (κ1) is 11.0. The van der Waals surface area contributed by atoms with E-state index < -0.39 is 0 Å². The van der Waals surface area contributed by atoms with Gasteiger partial charge in [0.15, 0.2) is 0 Å². The van der Waals surface area contributed by atoms with Gasteiger partial charge in [-0.25, -0.2) is 0 Å². The summed E-state index contributed by atoms with van der Waals surface area (Å²) in [5.74, 6) is 1.57. The second kappa shape index (κ2) is 3.99. The van der Waals surface area contributed by atoms with Crippen molar-refractivity contribution in [2.45, 2.75) is 27.7 Å². The van der Waals surface area contributed by atoms with Crippen molar-refractivity contribution in [1.29, 1.82) is 0 Å². The molecular formula is C12H20N2. The summed E-state index contributed by atoms with van der Waals surface area (Å²) in [5.41, 5.74) is 5.58.